The second-order valence-corrected chi connectivity index (χ2v) is 5.74. The highest BCUT2D eigenvalue weighted by Gasteiger charge is 2.13. The molecule has 0 unspecified atom stereocenters. The van der Waals surface area contributed by atoms with Crippen LogP contribution in [0.1, 0.15) is 30.2 Å². The van der Waals surface area contributed by atoms with Crippen LogP contribution in [-0.4, -0.2) is 30.1 Å². The van der Waals surface area contributed by atoms with Crippen LogP contribution >= 0.6 is 0 Å². The van der Waals surface area contributed by atoms with Crippen LogP contribution in [0.25, 0.3) is 16.7 Å². The van der Waals surface area contributed by atoms with Crippen molar-refractivity contribution in [2.24, 2.45) is 0 Å². The molecule has 0 atom stereocenters. The van der Waals surface area contributed by atoms with Crippen molar-refractivity contribution in [1.29, 1.82) is 0 Å². The van der Waals surface area contributed by atoms with Gasteiger partial charge < -0.3 is 9.88 Å². The first-order chi connectivity index (χ1) is 12.2. The Morgan fingerprint density at radius 3 is 2.88 bits per heavy atom. The van der Waals surface area contributed by atoms with Crippen molar-refractivity contribution in [3.8, 4) is 0 Å². The van der Waals surface area contributed by atoms with Crippen LogP contribution in [0.15, 0.2) is 42.7 Å². The summed E-state index contributed by atoms with van der Waals surface area (Å²) in [4.78, 5) is 21.3. The van der Waals surface area contributed by atoms with Crippen LogP contribution in [0.2, 0.25) is 0 Å². The van der Waals surface area contributed by atoms with Gasteiger partial charge in [-0.2, -0.15) is 5.10 Å². The average molecular weight is 334 g/mol. The van der Waals surface area contributed by atoms with Gasteiger partial charge >= 0.3 is 0 Å². The minimum atomic E-state index is -0.268. The Bertz CT molecular complexity index is 1040. The Balaban J connectivity index is 1.64. The summed E-state index contributed by atoms with van der Waals surface area (Å²) in [5, 5.41) is 7.12. The Kier molecular flexibility index (Phi) is 3.68. The standard InChI is InChI=1S/C18H18N6O/c1-3-16-21-13-10-12(6-7-15(13)23(16)4-2)20-18(25)14-11-17-19-8-5-9-24(17)22-14/h5-11H,3-4H2,1-2H3,(H,20,25). The molecule has 1 amide bonds. The second-order valence-electron chi connectivity index (χ2n) is 5.74. The molecule has 1 N–H and O–H groups in total. The van der Waals surface area contributed by atoms with E-state index in [9.17, 15) is 4.79 Å². The Labute approximate surface area is 144 Å². The number of anilines is 1. The lowest BCUT2D eigenvalue weighted by molar-refractivity contribution is 0.102. The van der Waals surface area contributed by atoms with Crippen LogP contribution in [0.3, 0.4) is 0 Å². The molecule has 0 saturated carbocycles. The fourth-order valence-corrected chi connectivity index (χ4v) is 3.02. The van der Waals surface area contributed by atoms with Crippen LogP contribution < -0.4 is 5.32 Å². The number of nitrogens with zero attached hydrogens (tertiary/aromatic N) is 5. The smallest absolute Gasteiger partial charge is 0.276 e. The zero-order valence-corrected chi connectivity index (χ0v) is 14.1. The molecule has 7 nitrogen and oxygen atoms in total. The first-order valence-corrected chi connectivity index (χ1v) is 8.30. The highest BCUT2D eigenvalue weighted by molar-refractivity contribution is 6.04. The number of imidazole rings is 1. The Morgan fingerprint density at radius 2 is 2.12 bits per heavy atom. The maximum atomic E-state index is 12.5. The van der Waals surface area contributed by atoms with E-state index < -0.39 is 0 Å². The number of hydrogen-bond acceptors (Lipinski definition) is 4. The third-order valence-electron chi connectivity index (χ3n) is 4.19. The third kappa shape index (κ3) is 2.63. The van der Waals surface area contributed by atoms with Gasteiger partial charge in [0.05, 0.1) is 11.0 Å². The molecule has 4 rings (SSSR count). The molecule has 0 fully saturated rings. The fraction of sp³-hybridized carbons (Fsp3) is 0.222. The van der Waals surface area contributed by atoms with Gasteiger partial charge in [-0.05, 0) is 31.2 Å². The van der Waals surface area contributed by atoms with E-state index in [1.165, 1.54) is 0 Å². The van der Waals surface area contributed by atoms with Crippen molar-refractivity contribution >= 4 is 28.3 Å². The van der Waals surface area contributed by atoms with Gasteiger partial charge in [-0.15, -0.1) is 0 Å². The van der Waals surface area contributed by atoms with Gasteiger partial charge in [-0.25, -0.2) is 14.5 Å². The molecule has 25 heavy (non-hydrogen) atoms. The highest BCUT2D eigenvalue weighted by Crippen LogP contribution is 2.21. The first kappa shape index (κ1) is 15.3. The van der Waals surface area contributed by atoms with Gasteiger partial charge in [0.1, 0.15) is 5.82 Å². The van der Waals surface area contributed by atoms with E-state index in [0.717, 1.165) is 29.8 Å². The number of rotatable bonds is 4. The molecule has 0 saturated heterocycles. The van der Waals surface area contributed by atoms with E-state index in [2.05, 4.69) is 38.8 Å². The molecule has 7 heteroatoms. The molecule has 0 radical (unpaired) electrons. The molecular weight excluding hydrogens is 316 g/mol. The molecule has 0 bridgehead atoms. The number of benzene rings is 1. The number of aromatic nitrogens is 5. The van der Waals surface area contributed by atoms with E-state index >= 15 is 0 Å². The van der Waals surface area contributed by atoms with Crippen molar-refractivity contribution in [2.45, 2.75) is 26.8 Å². The summed E-state index contributed by atoms with van der Waals surface area (Å²) in [6.45, 7) is 5.07. The van der Waals surface area contributed by atoms with Gasteiger partial charge in [-0.3, -0.25) is 4.79 Å². The van der Waals surface area contributed by atoms with E-state index in [4.69, 9.17) is 0 Å². The minimum absolute atomic E-state index is 0.268. The number of nitrogens with one attached hydrogen (secondary N) is 1. The Hall–Kier alpha value is -3.22. The van der Waals surface area contributed by atoms with Gasteiger partial charge in [-0.1, -0.05) is 6.92 Å². The summed E-state index contributed by atoms with van der Waals surface area (Å²) in [5.41, 5.74) is 3.62. The maximum absolute atomic E-state index is 12.5. The SMILES string of the molecule is CCc1nc2cc(NC(=O)c3cc4ncccn4n3)ccc2n1CC. The van der Waals surface area contributed by atoms with Crippen LogP contribution in [0, 0.1) is 0 Å². The highest BCUT2D eigenvalue weighted by atomic mass is 16.1. The van der Waals surface area contributed by atoms with E-state index in [0.29, 0.717) is 17.0 Å². The summed E-state index contributed by atoms with van der Waals surface area (Å²) in [5.74, 6) is 0.780. The van der Waals surface area contributed by atoms with E-state index in [1.54, 1.807) is 29.0 Å². The number of aryl methyl sites for hydroxylation is 2. The average Bonchev–Trinajstić information content (AvgIpc) is 3.21. The van der Waals surface area contributed by atoms with Crippen molar-refractivity contribution in [3.63, 3.8) is 0 Å². The molecule has 0 aliphatic carbocycles. The molecule has 0 aliphatic heterocycles. The van der Waals surface area contributed by atoms with E-state index in [1.807, 2.05) is 18.2 Å². The van der Waals surface area contributed by atoms with Crippen LogP contribution in [0.5, 0.6) is 0 Å². The fourth-order valence-electron chi connectivity index (χ4n) is 3.02. The molecule has 4 aromatic rings. The Morgan fingerprint density at radius 1 is 1.24 bits per heavy atom. The van der Waals surface area contributed by atoms with Gasteiger partial charge in [0, 0.05) is 37.1 Å². The summed E-state index contributed by atoms with van der Waals surface area (Å²) < 4.78 is 3.77. The van der Waals surface area contributed by atoms with Gasteiger partial charge in [0.25, 0.3) is 5.91 Å². The number of carbonyl (C=O) groups excluding carboxylic acids is 1. The molecular formula is C18H18N6O. The topological polar surface area (TPSA) is 77.1 Å². The maximum Gasteiger partial charge on any atom is 0.276 e. The number of hydrogen-bond donors (Lipinski definition) is 1. The van der Waals surface area contributed by atoms with Crippen molar-refractivity contribution in [2.75, 3.05) is 5.32 Å². The summed E-state index contributed by atoms with van der Waals surface area (Å²) in [6.07, 6.45) is 4.30. The van der Waals surface area contributed by atoms with Crippen molar-refractivity contribution in [1.82, 2.24) is 24.1 Å². The number of fused-ring (bicyclic) bond motifs is 2. The van der Waals surface area contributed by atoms with Crippen LogP contribution in [0.4, 0.5) is 5.69 Å². The number of amides is 1. The normalized spacial score (nSPS) is 11.3. The molecule has 3 aromatic heterocycles. The molecule has 0 aliphatic rings. The molecule has 1 aromatic carbocycles. The first-order valence-electron chi connectivity index (χ1n) is 8.30. The molecule has 126 valence electrons. The quantitative estimate of drug-likeness (QED) is 0.622. The lowest BCUT2D eigenvalue weighted by atomic mass is 10.2. The summed E-state index contributed by atoms with van der Waals surface area (Å²) >= 11 is 0. The zero-order chi connectivity index (χ0) is 17.4. The number of carbonyl (C=O) groups is 1. The monoisotopic (exact) mass is 334 g/mol. The van der Waals surface area contributed by atoms with Gasteiger partial charge in [0.2, 0.25) is 0 Å². The minimum Gasteiger partial charge on any atom is -0.328 e. The molecule has 0 spiro atoms. The predicted octanol–water partition coefficient (Wildman–Crippen LogP) is 2.91. The lowest BCUT2D eigenvalue weighted by Gasteiger charge is -2.05. The zero-order valence-electron chi connectivity index (χ0n) is 14.1. The predicted molar refractivity (Wildman–Crippen MR) is 95.7 cm³/mol. The van der Waals surface area contributed by atoms with Crippen LogP contribution in [-0.2, 0) is 13.0 Å². The second kappa shape index (κ2) is 6.01. The van der Waals surface area contributed by atoms with Crippen molar-refractivity contribution in [3.05, 3.63) is 54.2 Å². The summed E-state index contributed by atoms with van der Waals surface area (Å²) in [6, 6.07) is 9.21. The van der Waals surface area contributed by atoms with Gasteiger partial charge in [0.15, 0.2) is 11.3 Å². The van der Waals surface area contributed by atoms with E-state index in [-0.39, 0.29) is 5.91 Å². The van der Waals surface area contributed by atoms with Crippen molar-refractivity contribution < 1.29 is 4.79 Å². The third-order valence-corrected chi connectivity index (χ3v) is 4.19. The lowest BCUT2D eigenvalue weighted by Crippen LogP contribution is -2.12. The largest absolute Gasteiger partial charge is 0.328 e. The molecule has 3 heterocycles. The summed E-state index contributed by atoms with van der Waals surface area (Å²) in [7, 11) is 0.